The molecule has 0 bridgehead atoms. The molecular weight excluding hydrogens is 258 g/mol. The van der Waals surface area contributed by atoms with Crippen LogP contribution in [-0.4, -0.2) is 48.0 Å². The highest BCUT2D eigenvalue weighted by molar-refractivity contribution is 6.00. The first-order chi connectivity index (χ1) is 9.66. The van der Waals surface area contributed by atoms with Gasteiger partial charge < -0.3 is 15.0 Å². The Morgan fingerprint density at radius 1 is 1.40 bits per heavy atom. The third-order valence-electron chi connectivity index (χ3n) is 2.83. The molecule has 1 N–H and O–H groups in total. The van der Waals surface area contributed by atoms with Gasteiger partial charge in [0.2, 0.25) is 5.91 Å². The van der Waals surface area contributed by atoms with Crippen molar-refractivity contribution in [1.29, 1.82) is 0 Å². The molecule has 1 aliphatic heterocycles. The summed E-state index contributed by atoms with van der Waals surface area (Å²) in [5.74, 6) is -0.478. The third kappa shape index (κ3) is 3.89. The summed E-state index contributed by atoms with van der Waals surface area (Å²) in [5, 5.41) is 2.59. The Hall–Kier alpha value is -2.21. The molecule has 0 saturated carbocycles. The zero-order chi connectivity index (χ0) is 14.4. The van der Waals surface area contributed by atoms with Crippen molar-refractivity contribution in [3.63, 3.8) is 0 Å². The van der Waals surface area contributed by atoms with E-state index in [1.54, 1.807) is 29.4 Å². The van der Waals surface area contributed by atoms with Crippen LogP contribution in [0.1, 0.15) is 12.5 Å². The number of nitrogens with zero attached hydrogens (tertiary/aromatic N) is 2. The molecule has 106 valence electrons. The molecule has 0 aromatic carbocycles. The number of hydrogen-bond acceptors (Lipinski definition) is 4. The molecule has 1 saturated heterocycles. The number of ether oxygens (including phenoxy) is 1. The standard InChI is InChI=1S/C14H17N3O3/c1-11(18)16-13(9-12-3-2-4-15-10-12)14(19)17-5-7-20-8-6-17/h2-4,9-10H,5-8H2,1H3,(H,16,18)/b13-9-. The molecule has 2 amide bonds. The fourth-order valence-electron chi connectivity index (χ4n) is 1.91. The van der Waals surface area contributed by atoms with Crippen LogP contribution in [0, 0.1) is 0 Å². The topological polar surface area (TPSA) is 71.5 Å². The van der Waals surface area contributed by atoms with Gasteiger partial charge in [-0.1, -0.05) is 6.07 Å². The van der Waals surface area contributed by atoms with Crippen LogP contribution < -0.4 is 5.32 Å². The van der Waals surface area contributed by atoms with Gasteiger partial charge in [-0.2, -0.15) is 0 Å². The minimum absolute atomic E-state index is 0.202. The Morgan fingerprint density at radius 3 is 2.75 bits per heavy atom. The first-order valence-electron chi connectivity index (χ1n) is 6.43. The van der Waals surface area contributed by atoms with E-state index in [0.717, 1.165) is 5.56 Å². The van der Waals surface area contributed by atoms with Gasteiger partial charge in [-0.25, -0.2) is 0 Å². The maximum Gasteiger partial charge on any atom is 0.270 e. The summed E-state index contributed by atoms with van der Waals surface area (Å²) in [6.07, 6.45) is 4.92. The Morgan fingerprint density at radius 2 is 2.15 bits per heavy atom. The molecule has 6 nitrogen and oxygen atoms in total. The maximum absolute atomic E-state index is 12.4. The van der Waals surface area contributed by atoms with Crippen LogP contribution in [0.2, 0.25) is 0 Å². The summed E-state index contributed by atoms with van der Waals surface area (Å²) < 4.78 is 5.22. The molecule has 0 atom stereocenters. The van der Waals surface area contributed by atoms with Gasteiger partial charge in [0, 0.05) is 32.4 Å². The van der Waals surface area contributed by atoms with Crippen LogP contribution in [0.15, 0.2) is 30.2 Å². The van der Waals surface area contributed by atoms with Crippen LogP contribution in [0.5, 0.6) is 0 Å². The SMILES string of the molecule is CC(=O)N/C(=C\c1cccnc1)C(=O)N1CCOCC1. The van der Waals surface area contributed by atoms with E-state index in [1.165, 1.54) is 6.92 Å². The van der Waals surface area contributed by atoms with E-state index in [1.807, 2.05) is 6.07 Å². The molecule has 0 radical (unpaired) electrons. The molecule has 20 heavy (non-hydrogen) atoms. The van der Waals surface area contributed by atoms with Gasteiger partial charge in [0.1, 0.15) is 5.70 Å². The molecule has 1 aromatic heterocycles. The normalized spacial score (nSPS) is 15.8. The van der Waals surface area contributed by atoms with Gasteiger partial charge in [0.25, 0.3) is 5.91 Å². The lowest BCUT2D eigenvalue weighted by Gasteiger charge is -2.27. The van der Waals surface area contributed by atoms with Crippen LogP contribution in [-0.2, 0) is 14.3 Å². The fraction of sp³-hybridized carbons (Fsp3) is 0.357. The number of nitrogens with one attached hydrogen (secondary N) is 1. The van der Waals surface area contributed by atoms with Gasteiger partial charge in [0.05, 0.1) is 13.2 Å². The van der Waals surface area contributed by atoms with E-state index in [-0.39, 0.29) is 17.5 Å². The average Bonchev–Trinajstić information content (AvgIpc) is 2.47. The summed E-state index contributed by atoms with van der Waals surface area (Å²) in [6.45, 7) is 3.48. The first kappa shape index (κ1) is 14.2. The minimum atomic E-state index is -0.276. The number of pyridine rings is 1. The van der Waals surface area contributed by atoms with Crippen LogP contribution in [0.3, 0.4) is 0 Å². The number of aromatic nitrogens is 1. The molecule has 1 fully saturated rings. The summed E-state index contributed by atoms with van der Waals surface area (Å²) in [7, 11) is 0. The summed E-state index contributed by atoms with van der Waals surface area (Å²) in [6, 6.07) is 3.60. The fourth-order valence-corrected chi connectivity index (χ4v) is 1.91. The van der Waals surface area contributed by atoms with Crippen molar-refractivity contribution in [1.82, 2.24) is 15.2 Å². The monoisotopic (exact) mass is 275 g/mol. The van der Waals surface area contributed by atoms with E-state index >= 15 is 0 Å². The van der Waals surface area contributed by atoms with Crippen molar-refractivity contribution in [2.75, 3.05) is 26.3 Å². The van der Waals surface area contributed by atoms with Gasteiger partial charge in [-0.15, -0.1) is 0 Å². The van der Waals surface area contributed by atoms with Crippen molar-refractivity contribution in [2.24, 2.45) is 0 Å². The van der Waals surface area contributed by atoms with Crippen molar-refractivity contribution >= 4 is 17.9 Å². The first-order valence-corrected chi connectivity index (χ1v) is 6.43. The molecule has 1 aliphatic rings. The largest absolute Gasteiger partial charge is 0.378 e. The average molecular weight is 275 g/mol. The van der Waals surface area contributed by atoms with Gasteiger partial charge in [-0.05, 0) is 17.7 Å². The summed E-state index contributed by atoms with van der Waals surface area (Å²) in [5.41, 5.74) is 1.02. The van der Waals surface area contributed by atoms with E-state index in [0.29, 0.717) is 26.3 Å². The zero-order valence-electron chi connectivity index (χ0n) is 11.3. The van der Waals surface area contributed by atoms with Crippen LogP contribution >= 0.6 is 0 Å². The summed E-state index contributed by atoms with van der Waals surface area (Å²) >= 11 is 0. The van der Waals surface area contributed by atoms with Gasteiger partial charge >= 0.3 is 0 Å². The number of amides is 2. The van der Waals surface area contributed by atoms with E-state index in [2.05, 4.69) is 10.3 Å². The predicted octanol–water partition coefficient (Wildman–Crippen LogP) is 0.417. The Bertz CT molecular complexity index is 508. The van der Waals surface area contributed by atoms with Crippen LogP contribution in [0.4, 0.5) is 0 Å². The number of hydrogen-bond donors (Lipinski definition) is 1. The zero-order valence-corrected chi connectivity index (χ0v) is 11.3. The van der Waals surface area contributed by atoms with E-state index in [9.17, 15) is 9.59 Å². The lowest BCUT2D eigenvalue weighted by atomic mass is 10.2. The second kappa shape index (κ2) is 6.81. The lowest BCUT2D eigenvalue weighted by Crippen LogP contribution is -2.44. The predicted molar refractivity (Wildman–Crippen MR) is 73.4 cm³/mol. The number of morpholine rings is 1. The summed E-state index contributed by atoms with van der Waals surface area (Å²) in [4.78, 5) is 29.3. The lowest BCUT2D eigenvalue weighted by molar-refractivity contribution is -0.132. The molecule has 1 aromatic rings. The Balaban J connectivity index is 2.20. The Labute approximate surface area is 117 Å². The molecule has 2 rings (SSSR count). The van der Waals surface area contributed by atoms with Gasteiger partial charge in [-0.3, -0.25) is 14.6 Å². The number of carbonyl (C=O) groups is 2. The highest BCUT2D eigenvalue weighted by atomic mass is 16.5. The molecule has 0 unspecified atom stereocenters. The van der Waals surface area contributed by atoms with E-state index < -0.39 is 0 Å². The van der Waals surface area contributed by atoms with E-state index in [4.69, 9.17) is 4.74 Å². The molecular formula is C14H17N3O3. The molecule has 2 heterocycles. The van der Waals surface area contributed by atoms with Crippen molar-refractivity contribution in [2.45, 2.75) is 6.92 Å². The highest BCUT2D eigenvalue weighted by Crippen LogP contribution is 2.08. The second-order valence-corrected chi connectivity index (χ2v) is 4.43. The highest BCUT2D eigenvalue weighted by Gasteiger charge is 2.21. The molecule has 0 spiro atoms. The van der Waals surface area contributed by atoms with Crippen molar-refractivity contribution in [3.8, 4) is 0 Å². The maximum atomic E-state index is 12.4. The van der Waals surface area contributed by atoms with Crippen molar-refractivity contribution < 1.29 is 14.3 Å². The Kier molecular flexibility index (Phi) is 4.84. The molecule has 6 heteroatoms. The number of carbonyl (C=O) groups excluding carboxylic acids is 2. The molecule has 0 aliphatic carbocycles. The quantitative estimate of drug-likeness (QED) is 0.811. The van der Waals surface area contributed by atoms with Crippen molar-refractivity contribution in [3.05, 3.63) is 35.8 Å². The van der Waals surface area contributed by atoms with Crippen LogP contribution in [0.25, 0.3) is 6.08 Å². The second-order valence-electron chi connectivity index (χ2n) is 4.43. The number of rotatable bonds is 3. The smallest absolute Gasteiger partial charge is 0.270 e. The minimum Gasteiger partial charge on any atom is -0.378 e. The van der Waals surface area contributed by atoms with Gasteiger partial charge in [0.15, 0.2) is 0 Å². The third-order valence-corrected chi connectivity index (χ3v) is 2.83.